The van der Waals surface area contributed by atoms with Crippen molar-refractivity contribution in [3.63, 3.8) is 0 Å². The molecule has 0 aromatic heterocycles. The van der Waals surface area contributed by atoms with Crippen molar-refractivity contribution in [2.45, 2.75) is 39.7 Å². The summed E-state index contributed by atoms with van der Waals surface area (Å²) in [5.41, 5.74) is 2.24. The highest BCUT2D eigenvalue weighted by Crippen LogP contribution is 2.08. The number of allylic oxidation sites excluding steroid dienone is 2. The van der Waals surface area contributed by atoms with Crippen molar-refractivity contribution in [1.82, 2.24) is 0 Å². The van der Waals surface area contributed by atoms with Crippen molar-refractivity contribution in [2.75, 3.05) is 0 Å². The van der Waals surface area contributed by atoms with Crippen molar-refractivity contribution in [2.24, 2.45) is 0 Å². The number of hydrogen-bond donors (Lipinski definition) is 1. The standard InChI is InChI=1S/C10H18O/c1-8(2)6-5-7-9(3)10(4)11/h6,10-11H,3,5,7H2,1-2,4H3. The molecular formula is C10H18O. The zero-order valence-corrected chi connectivity index (χ0v) is 7.72. The third-order valence-corrected chi connectivity index (χ3v) is 1.61. The topological polar surface area (TPSA) is 20.2 Å². The van der Waals surface area contributed by atoms with E-state index in [0.717, 1.165) is 18.4 Å². The van der Waals surface area contributed by atoms with Crippen LogP contribution in [0.25, 0.3) is 0 Å². The molecule has 1 heteroatoms. The third-order valence-electron chi connectivity index (χ3n) is 1.61. The lowest BCUT2D eigenvalue weighted by Gasteiger charge is -2.05. The molecule has 0 bridgehead atoms. The van der Waals surface area contributed by atoms with E-state index in [0.29, 0.717) is 0 Å². The molecule has 64 valence electrons. The summed E-state index contributed by atoms with van der Waals surface area (Å²) in [6.45, 7) is 9.68. The summed E-state index contributed by atoms with van der Waals surface area (Å²) in [7, 11) is 0. The Kier molecular flexibility index (Phi) is 4.88. The van der Waals surface area contributed by atoms with Crippen LogP contribution in [0.3, 0.4) is 0 Å². The molecule has 0 saturated carbocycles. The van der Waals surface area contributed by atoms with Gasteiger partial charge in [-0.3, -0.25) is 0 Å². The Bertz CT molecular complexity index is 150. The molecule has 0 aromatic carbocycles. The van der Waals surface area contributed by atoms with Gasteiger partial charge in [0, 0.05) is 0 Å². The Morgan fingerprint density at radius 1 is 1.55 bits per heavy atom. The van der Waals surface area contributed by atoms with Gasteiger partial charge in [-0.15, -0.1) is 0 Å². The second kappa shape index (κ2) is 5.14. The van der Waals surface area contributed by atoms with Crippen LogP contribution >= 0.6 is 0 Å². The molecule has 1 unspecified atom stereocenters. The van der Waals surface area contributed by atoms with Gasteiger partial charge in [0.05, 0.1) is 6.10 Å². The maximum atomic E-state index is 9.07. The Hall–Kier alpha value is -0.560. The first kappa shape index (κ1) is 10.4. The third kappa shape index (κ3) is 5.86. The molecule has 1 N–H and O–H groups in total. The Labute approximate surface area is 69.4 Å². The van der Waals surface area contributed by atoms with E-state index in [-0.39, 0.29) is 6.10 Å². The minimum Gasteiger partial charge on any atom is -0.389 e. The lowest BCUT2D eigenvalue weighted by molar-refractivity contribution is 0.228. The van der Waals surface area contributed by atoms with Crippen molar-refractivity contribution >= 4 is 0 Å². The van der Waals surface area contributed by atoms with Crippen LogP contribution < -0.4 is 0 Å². The lowest BCUT2D eigenvalue weighted by Crippen LogP contribution is -2.02. The van der Waals surface area contributed by atoms with E-state index >= 15 is 0 Å². The van der Waals surface area contributed by atoms with Gasteiger partial charge in [0.15, 0.2) is 0 Å². The largest absolute Gasteiger partial charge is 0.389 e. The van der Waals surface area contributed by atoms with Crippen LogP contribution in [0.1, 0.15) is 33.6 Å². The Morgan fingerprint density at radius 3 is 2.45 bits per heavy atom. The zero-order chi connectivity index (χ0) is 8.85. The van der Waals surface area contributed by atoms with Crippen LogP contribution in [0, 0.1) is 0 Å². The Balaban J connectivity index is 3.56. The van der Waals surface area contributed by atoms with E-state index in [9.17, 15) is 0 Å². The van der Waals surface area contributed by atoms with Gasteiger partial charge in [0.2, 0.25) is 0 Å². The van der Waals surface area contributed by atoms with Gasteiger partial charge in [-0.1, -0.05) is 18.2 Å². The van der Waals surface area contributed by atoms with E-state index in [1.165, 1.54) is 5.57 Å². The van der Waals surface area contributed by atoms with Gasteiger partial charge < -0.3 is 5.11 Å². The maximum Gasteiger partial charge on any atom is 0.0719 e. The van der Waals surface area contributed by atoms with Crippen LogP contribution in [0.2, 0.25) is 0 Å². The van der Waals surface area contributed by atoms with E-state index < -0.39 is 0 Å². The molecule has 0 aromatic rings. The summed E-state index contributed by atoms with van der Waals surface area (Å²) in [6, 6.07) is 0. The monoisotopic (exact) mass is 154 g/mol. The van der Waals surface area contributed by atoms with Crippen molar-refractivity contribution in [1.29, 1.82) is 0 Å². The summed E-state index contributed by atoms with van der Waals surface area (Å²) in [5, 5.41) is 9.07. The van der Waals surface area contributed by atoms with Gasteiger partial charge in [0.25, 0.3) is 0 Å². The molecule has 0 saturated heterocycles. The smallest absolute Gasteiger partial charge is 0.0719 e. The molecule has 0 radical (unpaired) electrons. The predicted molar refractivity (Wildman–Crippen MR) is 49.5 cm³/mol. The summed E-state index contributed by atoms with van der Waals surface area (Å²) in [5.74, 6) is 0. The Morgan fingerprint density at radius 2 is 2.09 bits per heavy atom. The molecule has 11 heavy (non-hydrogen) atoms. The average Bonchev–Trinajstić information content (AvgIpc) is 1.86. The zero-order valence-electron chi connectivity index (χ0n) is 7.72. The van der Waals surface area contributed by atoms with E-state index in [1.807, 2.05) is 0 Å². The van der Waals surface area contributed by atoms with Gasteiger partial charge in [0.1, 0.15) is 0 Å². The lowest BCUT2D eigenvalue weighted by atomic mass is 10.1. The van der Waals surface area contributed by atoms with Gasteiger partial charge in [-0.2, -0.15) is 0 Å². The number of hydrogen-bond acceptors (Lipinski definition) is 1. The highest BCUT2D eigenvalue weighted by molar-refractivity contribution is 5.03. The van der Waals surface area contributed by atoms with Gasteiger partial charge >= 0.3 is 0 Å². The van der Waals surface area contributed by atoms with Crippen molar-refractivity contribution in [3.05, 3.63) is 23.8 Å². The van der Waals surface area contributed by atoms with Crippen LogP contribution in [-0.4, -0.2) is 11.2 Å². The summed E-state index contributed by atoms with van der Waals surface area (Å²) in [6.07, 6.45) is 3.68. The molecule has 0 heterocycles. The first-order chi connectivity index (χ1) is 5.04. The SMILES string of the molecule is C=C(CCC=C(C)C)C(C)O. The summed E-state index contributed by atoms with van der Waals surface area (Å²) in [4.78, 5) is 0. The minimum absolute atomic E-state index is 0.361. The average molecular weight is 154 g/mol. The molecule has 1 atom stereocenters. The van der Waals surface area contributed by atoms with Crippen LogP contribution in [0.5, 0.6) is 0 Å². The molecular weight excluding hydrogens is 136 g/mol. The highest BCUT2D eigenvalue weighted by atomic mass is 16.3. The summed E-state index contributed by atoms with van der Waals surface area (Å²) >= 11 is 0. The molecule has 0 aliphatic carbocycles. The molecule has 0 amide bonds. The number of rotatable bonds is 4. The molecule has 0 fully saturated rings. The molecule has 0 aliphatic rings. The fourth-order valence-corrected chi connectivity index (χ4v) is 0.755. The van der Waals surface area contributed by atoms with E-state index in [4.69, 9.17) is 5.11 Å². The number of aliphatic hydroxyl groups excluding tert-OH is 1. The molecule has 1 nitrogen and oxygen atoms in total. The van der Waals surface area contributed by atoms with Crippen LogP contribution in [-0.2, 0) is 0 Å². The van der Waals surface area contributed by atoms with Crippen LogP contribution in [0.4, 0.5) is 0 Å². The van der Waals surface area contributed by atoms with E-state index in [1.54, 1.807) is 6.92 Å². The first-order valence-electron chi connectivity index (χ1n) is 4.03. The summed E-state index contributed by atoms with van der Waals surface area (Å²) < 4.78 is 0. The van der Waals surface area contributed by atoms with Crippen molar-refractivity contribution in [3.8, 4) is 0 Å². The second-order valence-corrected chi connectivity index (χ2v) is 3.15. The molecule has 0 spiro atoms. The predicted octanol–water partition coefficient (Wildman–Crippen LogP) is 2.67. The normalized spacial score (nSPS) is 12.4. The maximum absolute atomic E-state index is 9.07. The van der Waals surface area contributed by atoms with Crippen LogP contribution in [0.15, 0.2) is 23.8 Å². The van der Waals surface area contributed by atoms with Gasteiger partial charge in [-0.05, 0) is 39.2 Å². The van der Waals surface area contributed by atoms with Crippen molar-refractivity contribution < 1.29 is 5.11 Å². The second-order valence-electron chi connectivity index (χ2n) is 3.15. The minimum atomic E-state index is -0.361. The first-order valence-corrected chi connectivity index (χ1v) is 4.03. The fraction of sp³-hybridized carbons (Fsp3) is 0.600. The molecule has 0 aliphatic heterocycles. The fourth-order valence-electron chi connectivity index (χ4n) is 0.755. The van der Waals surface area contributed by atoms with Gasteiger partial charge in [-0.25, -0.2) is 0 Å². The number of aliphatic hydroxyl groups is 1. The molecule has 0 rings (SSSR count). The quantitative estimate of drug-likeness (QED) is 0.617. The van der Waals surface area contributed by atoms with E-state index in [2.05, 4.69) is 26.5 Å². The highest BCUT2D eigenvalue weighted by Gasteiger charge is 1.99.